The molecule has 0 saturated carbocycles. The van der Waals surface area contributed by atoms with E-state index >= 15 is 0 Å². The minimum absolute atomic E-state index is 0.117. The first kappa shape index (κ1) is 12.3. The highest BCUT2D eigenvalue weighted by molar-refractivity contribution is 6.04. The molecule has 1 aromatic carbocycles. The topological polar surface area (TPSA) is 23.6 Å². The molecular formula is C16H20N2O. The second-order valence-corrected chi connectivity index (χ2v) is 5.45. The van der Waals surface area contributed by atoms with Crippen molar-refractivity contribution in [3.8, 4) is 0 Å². The molecule has 1 fully saturated rings. The zero-order valence-corrected chi connectivity index (χ0v) is 11.4. The smallest absolute Gasteiger partial charge is 0.253 e. The summed E-state index contributed by atoms with van der Waals surface area (Å²) in [5.74, 6) is 0.117. The van der Waals surface area contributed by atoms with Gasteiger partial charge in [0.25, 0.3) is 5.91 Å². The SMILES string of the molecule is Cc1cccc(N2CC(N3CCCCC3)=CC2=O)c1. The summed E-state index contributed by atoms with van der Waals surface area (Å²) in [5, 5.41) is 0. The lowest BCUT2D eigenvalue weighted by Crippen LogP contribution is -2.32. The largest absolute Gasteiger partial charge is 0.373 e. The van der Waals surface area contributed by atoms with Crippen molar-refractivity contribution in [3.63, 3.8) is 0 Å². The van der Waals surface area contributed by atoms with E-state index in [1.165, 1.54) is 30.5 Å². The van der Waals surface area contributed by atoms with Crippen molar-refractivity contribution < 1.29 is 4.79 Å². The molecule has 100 valence electrons. The predicted octanol–water partition coefficient (Wildman–Crippen LogP) is 2.71. The molecule has 0 bridgehead atoms. The van der Waals surface area contributed by atoms with Gasteiger partial charge in [-0.15, -0.1) is 0 Å². The molecule has 2 heterocycles. The van der Waals surface area contributed by atoms with Crippen LogP contribution >= 0.6 is 0 Å². The van der Waals surface area contributed by atoms with E-state index in [-0.39, 0.29) is 5.91 Å². The van der Waals surface area contributed by atoms with Gasteiger partial charge in [0.05, 0.1) is 6.54 Å². The highest BCUT2D eigenvalue weighted by Gasteiger charge is 2.26. The highest BCUT2D eigenvalue weighted by atomic mass is 16.2. The number of hydrogen-bond donors (Lipinski definition) is 0. The number of hydrogen-bond acceptors (Lipinski definition) is 2. The van der Waals surface area contributed by atoms with Crippen LogP contribution in [0.2, 0.25) is 0 Å². The molecule has 1 amide bonds. The van der Waals surface area contributed by atoms with Crippen molar-refractivity contribution in [3.05, 3.63) is 41.6 Å². The van der Waals surface area contributed by atoms with E-state index in [2.05, 4.69) is 24.0 Å². The molecule has 1 saturated heterocycles. The van der Waals surface area contributed by atoms with Crippen LogP contribution in [0.3, 0.4) is 0 Å². The number of carbonyl (C=O) groups excluding carboxylic acids is 1. The fraction of sp³-hybridized carbons (Fsp3) is 0.438. The van der Waals surface area contributed by atoms with Crippen LogP contribution < -0.4 is 4.90 Å². The number of rotatable bonds is 2. The molecule has 2 aliphatic rings. The minimum atomic E-state index is 0.117. The number of amides is 1. The van der Waals surface area contributed by atoms with Crippen LogP contribution in [0.1, 0.15) is 24.8 Å². The summed E-state index contributed by atoms with van der Waals surface area (Å²) in [7, 11) is 0. The Morgan fingerprint density at radius 2 is 1.89 bits per heavy atom. The molecular weight excluding hydrogens is 236 g/mol. The fourth-order valence-corrected chi connectivity index (χ4v) is 2.89. The lowest BCUT2D eigenvalue weighted by molar-refractivity contribution is -0.113. The van der Waals surface area contributed by atoms with Gasteiger partial charge in [-0.1, -0.05) is 12.1 Å². The molecule has 0 spiro atoms. The molecule has 0 N–H and O–H groups in total. The molecule has 0 unspecified atom stereocenters. The second kappa shape index (κ2) is 5.08. The number of anilines is 1. The van der Waals surface area contributed by atoms with Crippen molar-refractivity contribution in [2.75, 3.05) is 24.5 Å². The van der Waals surface area contributed by atoms with Crippen LogP contribution in [0.15, 0.2) is 36.0 Å². The first-order chi connectivity index (χ1) is 9.24. The second-order valence-electron chi connectivity index (χ2n) is 5.45. The van der Waals surface area contributed by atoms with Crippen molar-refractivity contribution >= 4 is 11.6 Å². The van der Waals surface area contributed by atoms with E-state index < -0.39 is 0 Å². The number of likely N-dealkylation sites (tertiary alicyclic amines) is 1. The van der Waals surface area contributed by atoms with Gasteiger partial charge in [0, 0.05) is 30.5 Å². The molecule has 1 aromatic rings. The quantitative estimate of drug-likeness (QED) is 0.812. The highest BCUT2D eigenvalue weighted by Crippen LogP contribution is 2.25. The average Bonchev–Trinajstić information content (AvgIpc) is 2.82. The third-order valence-corrected chi connectivity index (χ3v) is 3.95. The maximum Gasteiger partial charge on any atom is 0.253 e. The maximum atomic E-state index is 12.2. The van der Waals surface area contributed by atoms with E-state index in [0.29, 0.717) is 0 Å². The molecule has 3 rings (SSSR count). The molecule has 3 nitrogen and oxygen atoms in total. The fourth-order valence-electron chi connectivity index (χ4n) is 2.89. The van der Waals surface area contributed by atoms with Gasteiger partial charge in [0.1, 0.15) is 0 Å². The summed E-state index contributed by atoms with van der Waals surface area (Å²) in [5.41, 5.74) is 3.39. The summed E-state index contributed by atoms with van der Waals surface area (Å²) < 4.78 is 0. The van der Waals surface area contributed by atoms with E-state index in [0.717, 1.165) is 25.3 Å². The van der Waals surface area contributed by atoms with Gasteiger partial charge in [0.15, 0.2) is 0 Å². The number of nitrogens with zero attached hydrogens (tertiary/aromatic N) is 2. The Bertz CT molecular complexity index is 515. The van der Waals surface area contributed by atoms with Gasteiger partial charge in [-0.25, -0.2) is 0 Å². The summed E-state index contributed by atoms with van der Waals surface area (Å²) in [4.78, 5) is 16.4. The third kappa shape index (κ3) is 2.50. The lowest BCUT2D eigenvalue weighted by atomic mass is 10.1. The van der Waals surface area contributed by atoms with Gasteiger partial charge < -0.3 is 9.80 Å². The standard InChI is InChI=1S/C16H20N2O/c1-13-6-5-7-14(10-13)18-12-15(11-16(18)19)17-8-3-2-4-9-17/h5-7,10-11H,2-4,8-9,12H2,1H3. The summed E-state index contributed by atoms with van der Waals surface area (Å²) >= 11 is 0. The van der Waals surface area contributed by atoms with Crippen LogP contribution in [0.5, 0.6) is 0 Å². The molecule has 0 aliphatic carbocycles. The van der Waals surface area contributed by atoms with Gasteiger partial charge in [-0.2, -0.15) is 0 Å². The zero-order valence-electron chi connectivity index (χ0n) is 11.4. The Kier molecular flexibility index (Phi) is 3.28. The normalized spacial score (nSPS) is 19.8. The van der Waals surface area contributed by atoms with Gasteiger partial charge in [-0.3, -0.25) is 4.79 Å². The maximum absolute atomic E-state index is 12.2. The molecule has 0 atom stereocenters. The summed E-state index contributed by atoms with van der Waals surface area (Å²) in [6, 6.07) is 8.16. The first-order valence-corrected chi connectivity index (χ1v) is 7.08. The molecule has 3 heteroatoms. The minimum Gasteiger partial charge on any atom is -0.373 e. The molecule has 2 aliphatic heterocycles. The zero-order chi connectivity index (χ0) is 13.2. The lowest BCUT2D eigenvalue weighted by Gasteiger charge is -2.30. The predicted molar refractivity (Wildman–Crippen MR) is 77.0 cm³/mol. The Labute approximate surface area is 114 Å². The molecule has 19 heavy (non-hydrogen) atoms. The van der Waals surface area contributed by atoms with Crippen LogP contribution in [-0.2, 0) is 4.79 Å². The summed E-state index contributed by atoms with van der Waals surface area (Å²) in [6.07, 6.45) is 5.62. The number of piperidine rings is 1. The van der Waals surface area contributed by atoms with Crippen molar-refractivity contribution in [2.24, 2.45) is 0 Å². The first-order valence-electron chi connectivity index (χ1n) is 7.08. The number of aryl methyl sites for hydroxylation is 1. The van der Waals surface area contributed by atoms with E-state index in [9.17, 15) is 4.79 Å². The van der Waals surface area contributed by atoms with Crippen LogP contribution in [0.4, 0.5) is 5.69 Å². The van der Waals surface area contributed by atoms with Crippen LogP contribution in [-0.4, -0.2) is 30.4 Å². The molecule has 0 aromatic heterocycles. The Morgan fingerprint density at radius 1 is 1.11 bits per heavy atom. The van der Waals surface area contributed by atoms with Crippen LogP contribution in [0, 0.1) is 6.92 Å². The van der Waals surface area contributed by atoms with Gasteiger partial charge in [0.2, 0.25) is 0 Å². The third-order valence-electron chi connectivity index (χ3n) is 3.95. The van der Waals surface area contributed by atoms with Gasteiger partial charge in [-0.05, 0) is 43.9 Å². The monoisotopic (exact) mass is 256 g/mol. The number of carbonyl (C=O) groups is 1. The van der Waals surface area contributed by atoms with E-state index in [1.54, 1.807) is 0 Å². The Balaban J connectivity index is 1.76. The Morgan fingerprint density at radius 3 is 2.63 bits per heavy atom. The van der Waals surface area contributed by atoms with E-state index in [1.807, 2.05) is 23.1 Å². The van der Waals surface area contributed by atoms with Crippen LogP contribution in [0.25, 0.3) is 0 Å². The van der Waals surface area contributed by atoms with Crippen molar-refractivity contribution in [2.45, 2.75) is 26.2 Å². The van der Waals surface area contributed by atoms with E-state index in [4.69, 9.17) is 0 Å². The molecule has 0 radical (unpaired) electrons. The van der Waals surface area contributed by atoms with Gasteiger partial charge >= 0.3 is 0 Å². The Hall–Kier alpha value is -1.77. The number of benzene rings is 1. The van der Waals surface area contributed by atoms with Crippen molar-refractivity contribution in [1.82, 2.24) is 4.90 Å². The summed E-state index contributed by atoms with van der Waals surface area (Å²) in [6.45, 7) is 4.98. The van der Waals surface area contributed by atoms with Crippen molar-refractivity contribution in [1.29, 1.82) is 0 Å². The average molecular weight is 256 g/mol.